The van der Waals surface area contributed by atoms with Crippen molar-refractivity contribution in [1.82, 2.24) is 5.32 Å². The molecule has 1 saturated heterocycles. The molecule has 0 spiro atoms. The fourth-order valence-electron chi connectivity index (χ4n) is 1.68. The van der Waals surface area contributed by atoms with E-state index in [0.29, 0.717) is 5.41 Å². The first-order valence-corrected chi connectivity index (χ1v) is 4.18. The van der Waals surface area contributed by atoms with Crippen molar-refractivity contribution in [3.8, 4) is 0 Å². The molecule has 0 amide bonds. The Kier molecular flexibility index (Phi) is 2.69. The standard InChI is InChI=1S/C8H18N2/c1-8(4-5-9)3-2-6-10-7-8/h10H,2-7,9H2,1H3. The quantitative estimate of drug-likeness (QED) is 0.596. The molecule has 10 heavy (non-hydrogen) atoms. The predicted octanol–water partition coefficient (Wildman–Crippen LogP) is 0.725. The summed E-state index contributed by atoms with van der Waals surface area (Å²) in [5, 5.41) is 3.40. The summed E-state index contributed by atoms with van der Waals surface area (Å²) in [6, 6.07) is 0. The van der Waals surface area contributed by atoms with Gasteiger partial charge in [-0.25, -0.2) is 0 Å². The lowest BCUT2D eigenvalue weighted by atomic mass is 9.80. The van der Waals surface area contributed by atoms with E-state index in [0.717, 1.165) is 13.1 Å². The Morgan fingerprint density at radius 3 is 2.90 bits per heavy atom. The van der Waals surface area contributed by atoms with Gasteiger partial charge in [0.05, 0.1) is 0 Å². The molecule has 60 valence electrons. The Morgan fingerprint density at radius 2 is 2.40 bits per heavy atom. The van der Waals surface area contributed by atoms with Crippen LogP contribution in [0.1, 0.15) is 26.2 Å². The van der Waals surface area contributed by atoms with Crippen molar-refractivity contribution >= 4 is 0 Å². The van der Waals surface area contributed by atoms with Gasteiger partial charge in [0.1, 0.15) is 0 Å². The van der Waals surface area contributed by atoms with Crippen molar-refractivity contribution in [3.05, 3.63) is 0 Å². The minimum absolute atomic E-state index is 0.493. The van der Waals surface area contributed by atoms with Crippen LogP contribution in [-0.2, 0) is 0 Å². The van der Waals surface area contributed by atoms with Gasteiger partial charge in [0, 0.05) is 6.54 Å². The fraction of sp³-hybridized carbons (Fsp3) is 1.00. The molecule has 3 N–H and O–H groups in total. The summed E-state index contributed by atoms with van der Waals surface area (Å²) in [5.41, 5.74) is 6.01. The fourth-order valence-corrected chi connectivity index (χ4v) is 1.68. The van der Waals surface area contributed by atoms with Gasteiger partial charge < -0.3 is 11.1 Å². The van der Waals surface area contributed by atoms with E-state index in [1.807, 2.05) is 0 Å². The lowest BCUT2D eigenvalue weighted by Crippen LogP contribution is -2.39. The van der Waals surface area contributed by atoms with Crippen molar-refractivity contribution in [1.29, 1.82) is 0 Å². The Labute approximate surface area is 63.2 Å². The first-order valence-electron chi connectivity index (χ1n) is 4.18. The van der Waals surface area contributed by atoms with Crippen LogP contribution in [0.3, 0.4) is 0 Å². The molecule has 0 aromatic carbocycles. The van der Waals surface area contributed by atoms with E-state index in [1.165, 1.54) is 25.8 Å². The summed E-state index contributed by atoms with van der Waals surface area (Å²) in [7, 11) is 0. The van der Waals surface area contributed by atoms with E-state index >= 15 is 0 Å². The molecule has 0 radical (unpaired) electrons. The van der Waals surface area contributed by atoms with Crippen LogP contribution >= 0.6 is 0 Å². The molecule has 1 rings (SSSR count). The Balaban J connectivity index is 2.32. The SMILES string of the molecule is CC1(CCN)CCCNC1. The molecule has 1 fully saturated rings. The summed E-state index contributed by atoms with van der Waals surface area (Å²) < 4.78 is 0. The van der Waals surface area contributed by atoms with Crippen LogP contribution in [0.15, 0.2) is 0 Å². The van der Waals surface area contributed by atoms with E-state index in [9.17, 15) is 0 Å². The zero-order valence-electron chi connectivity index (χ0n) is 6.82. The molecule has 0 aromatic heterocycles. The van der Waals surface area contributed by atoms with Crippen molar-refractivity contribution in [2.75, 3.05) is 19.6 Å². The largest absolute Gasteiger partial charge is 0.330 e. The van der Waals surface area contributed by atoms with Crippen LogP contribution in [0, 0.1) is 5.41 Å². The maximum absolute atomic E-state index is 5.52. The van der Waals surface area contributed by atoms with Crippen LogP contribution in [0.4, 0.5) is 0 Å². The van der Waals surface area contributed by atoms with Gasteiger partial charge in [0.25, 0.3) is 0 Å². The average Bonchev–Trinajstić information content (AvgIpc) is 1.89. The summed E-state index contributed by atoms with van der Waals surface area (Å²) in [6.45, 7) is 5.51. The Bertz CT molecular complexity index is 89.9. The molecule has 0 aromatic rings. The number of hydrogen-bond donors (Lipinski definition) is 2. The third kappa shape index (κ3) is 1.96. The molecule has 0 aliphatic carbocycles. The lowest BCUT2D eigenvalue weighted by Gasteiger charge is -2.33. The summed E-state index contributed by atoms with van der Waals surface area (Å²) in [6.07, 6.45) is 3.83. The van der Waals surface area contributed by atoms with Gasteiger partial charge in [-0.1, -0.05) is 6.92 Å². The van der Waals surface area contributed by atoms with Crippen LogP contribution in [0.5, 0.6) is 0 Å². The van der Waals surface area contributed by atoms with Crippen LogP contribution in [0.2, 0.25) is 0 Å². The maximum Gasteiger partial charge on any atom is 0.000564 e. The van der Waals surface area contributed by atoms with Crippen LogP contribution < -0.4 is 11.1 Å². The lowest BCUT2D eigenvalue weighted by molar-refractivity contribution is 0.222. The van der Waals surface area contributed by atoms with E-state index in [2.05, 4.69) is 12.2 Å². The average molecular weight is 142 g/mol. The van der Waals surface area contributed by atoms with Crippen molar-refractivity contribution < 1.29 is 0 Å². The first kappa shape index (κ1) is 8.02. The molecular weight excluding hydrogens is 124 g/mol. The molecule has 1 atom stereocenters. The molecule has 2 nitrogen and oxygen atoms in total. The monoisotopic (exact) mass is 142 g/mol. The molecule has 1 unspecified atom stereocenters. The highest BCUT2D eigenvalue weighted by molar-refractivity contribution is 4.81. The Hall–Kier alpha value is -0.0800. The highest BCUT2D eigenvalue weighted by atomic mass is 14.9. The Morgan fingerprint density at radius 1 is 1.60 bits per heavy atom. The zero-order valence-corrected chi connectivity index (χ0v) is 6.82. The van der Waals surface area contributed by atoms with Gasteiger partial charge >= 0.3 is 0 Å². The summed E-state index contributed by atoms with van der Waals surface area (Å²) in [4.78, 5) is 0. The van der Waals surface area contributed by atoms with Crippen LogP contribution in [-0.4, -0.2) is 19.6 Å². The predicted molar refractivity (Wildman–Crippen MR) is 43.9 cm³/mol. The topological polar surface area (TPSA) is 38.0 Å². The molecule has 1 heterocycles. The molecule has 1 aliphatic rings. The minimum Gasteiger partial charge on any atom is -0.330 e. The molecule has 0 saturated carbocycles. The van der Waals surface area contributed by atoms with Crippen LogP contribution in [0.25, 0.3) is 0 Å². The third-order valence-electron chi connectivity index (χ3n) is 2.43. The first-order chi connectivity index (χ1) is 4.77. The van der Waals surface area contributed by atoms with Gasteiger partial charge in [-0.2, -0.15) is 0 Å². The van der Waals surface area contributed by atoms with Crippen molar-refractivity contribution in [2.24, 2.45) is 11.1 Å². The van der Waals surface area contributed by atoms with Gasteiger partial charge in [-0.05, 0) is 37.8 Å². The minimum atomic E-state index is 0.493. The van der Waals surface area contributed by atoms with E-state index < -0.39 is 0 Å². The molecular formula is C8H18N2. The molecule has 0 bridgehead atoms. The van der Waals surface area contributed by atoms with Gasteiger partial charge in [0.2, 0.25) is 0 Å². The summed E-state index contributed by atoms with van der Waals surface area (Å²) >= 11 is 0. The van der Waals surface area contributed by atoms with Gasteiger partial charge in [-0.15, -0.1) is 0 Å². The second-order valence-corrected chi connectivity index (χ2v) is 3.63. The van der Waals surface area contributed by atoms with E-state index in [4.69, 9.17) is 5.73 Å². The summed E-state index contributed by atoms with van der Waals surface area (Å²) in [5.74, 6) is 0. The van der Waals surface area contributed by atoms with Crippen molar-refractivity contribution in [3.63, 3.8) is 0 Å². The number of rotatable bonds is 2. The number of nitrogens with one attached hydrogen (secondary N) is 1. The van der Waals surface area contributed by atoms with E-state index in [1.54, 1.807) is 0 Å². The second kappa shape index (κ2) is 3.35. The molecule has 1 aliphatic heterocycles. The van der Waals surface area contributed by atoms with Gasteiger partial charge in [0.15, 0.2) is 0 Å². The maximum atomic E-state index is 5.52. The normalized spacial score (nSPS) is 34.2. The van der Waals surface area contributed by atoms with E-state index in [-0.39, 0.29) is 0 Å². The second-order valence-electron chi connectivity index (χ2n) is 3.63. The smallest absolute Gasteiger partial charge is 0.000564 e. The zero-order chi connectivity index (χ0) is 7.45. The molecule has 2 heteroatoms. The van der Waals surface area contributed by atoms with Gasteiger partial charge in [-0.3, -0.25) is 0 Å². The van der Waals surface area contributed by atoms with Crippen molar-refractivity contribution in [2.45, 2.75) is 26.2 Å². The highest BCUT2D eigenvalue weighted by Gasteiger charge is 2.24. The number of hydrogen-bond acceptors (Lipinski definition) is 2. The number of piperidine rings is 1. The number of nitrogens with two attached hydrogens (primary N) is 1. The highest BCUT2D eigenvalue weighted by Crippen LogP contribution is 2.28. The third-order valence-corrected chi connectivity index (χ3v) is 2.43.